The van der Waals surface area contributed by atoms with Crippen molar-refractivity contribution >= 4 is 0 Å². The van der Waals surface area contributed by atoms with Crippen LogP contribution >= 0.6 is 0 Å². The molecule has 0 saturated heterocycles. The zero-order valence-electron chi connectivity index (χ0n) is 10.3. The molecule has 0 spiro atoms. The van der Waals surface area contributed by atoms with Gasteiger partial charge in [0.05, 0.1) is 6.10 Å². The summed E-state index contributed by atoms with van der Waals surface area (Å²) in [5.41, 5.74) is 0. The Kier molecular flexibility index (Phi) is 6.26. The molecule has 0 radical (unpaired) electrons. The molecular formula is C13H27NO. The van der Waals surface area contributed by atoms with E-state index < -0.39 is 0 Å². The van der Waals surface area contributed by atoms with E-state index in [2.05, 4.69) is 19.2 Å². The first kappa shape index (κ1) is 13.0. The highest BCUT2D eigenvalue weighted by atomic mass is 16.3. The fraction of sp³-hybridized carbons (Fsp3) is 1.00. The molecule has 2 N–H and O–H groups in total. The van der Waals surface area contributed by atoms with Crippen LogP contribution in [0.5, 0.6) is 0 Å². The fourth-order valence-corrected chi connectivity index (χ4v) is 2.46. The standard InChI is InChI=1S/C13H27NO/c1-3-4-5-8-11(2)14-12-9-6-7-10-13(12)15/h11-15H,3-10H2,1-2H3/t11?,12-,13-/m0/s1. The number of hydrogen-bond acceptors (Lipinski definition) is 2. The molecule has 15 heavy (non-hydrogen) atoms. The second-order valence-electron chi connectivity index (χ2n) is 5.02. The molecule has 0 heterocycles. The normalized spacial score (nSPS) is 29.0. The van der Waals surface area contributed by atoms with E-state index >= 15 is 0 Å². The van der Waals surface area contributed by atoms with E-state index in [9.17, 15) is 5.11 Å². The minimum Gasteiger partial charge on any atom is -0.392 e. The summed E-state index contributed by atoms with van der Waals surface area (Å²) < 4.78 is 0. The first-order valence-electron chi connectivity index (χ1n) is 6.68. The van der Waals surface area contributed by atoms with Crippen molar-refractivity contribution in [1.82, 2.24) is 5.32 Å². The van der Waals surface area contributed by atoms with Gasteiger partial charge in [-0.2, -0.15) is 0 Å². The van der Waals surface area contributed by atoms with Crippen LogP contribution in [0.3, 0.4) is 0 Å². The Morgan fingerprint density at radius 3 is 2.67 bits per heavy atom. The van der Waals surface area contributed by atoms with Gasteiger partial charge in [0, 0.05) is 12.1 Å². The van der Waals surface area contributed by atoms with E-state index in [4.69, 9.17) is 0 Å². The third-order valence-corrected chi connectivity index (χ3v) is 3.47. The van der Waals surface area contributed by atoms with Crippen LogP contribution in [-0.4, -0.2) is 23.3 Å². The Labute approximate surface area is 94.5 Å². The number of unbranched alkanes of at least 4 members (excludes halogenated alkanes) is 2. The molecule has 1 fully saturated rings. The largest absolute Gasteiger partial charge is 0.392 e. The van der Waals surface area contributed by atoms with Gasteiger partial charge in [-0.1, -0.05) is 39.0 Å². The molecule has 1 rings (SSSR count). The van der Waals surface area contributed by atoms with Crippen LogP contribution in [-0.2, 0) is 0 Å². The minimum absolute atomic E-state index is 0.104. The maximum atomic E-state index is 9.83. The van der Waals surface area contributed by atoms with Gasteiger partial charge >= 0.3 is 0 Å². The van der Waals surface area contributed by atoms with E-state index in [1.165, 1.54) is 38.5 Å². The lowest BCUT2D eigenvalue weighted by atomic mass is 9.92. The third-order valence-electron chi connectivity index (χ3n) is 3.47. The first-order chi connectivity index (χ1) is 7.24. The Morgan fingerprint density at radius 1 is 1.27 bits per heavy atom. The zero-order chi connectivity index (χ0) is 11.1. The van der Waals surface area contributed by atoms with Crippen LogP contribution in [0.15, 0.2) is 0 Å². The van der Waals surface area contributed by atoms with Crippen molar-refractivity contribution in [2.45, 2.75) is 83.4 Å². The number of hydrogen-bond donors (Lipinski definition) is 2. The van der Waals surface area contributed by atoms with E-state index in [1.54, 1.807) is 0 Å². The molecule has 0 aromatic carbocycles. The smallest absolute Gasteiger partial charge is 0.0693 e. The van der Waals surface area contributed by atoms with Crippen LogP contribution in [0.25, 0.3) is 0 Å². The highest BCUT2D eigenvalue weighted by Crippen LogP contribution is 2.19. The molecule has 1 aliphatic carbocycles. The van der Waals surface area contributed by atoms with Crippen molar-refractivity contribution < 1.29 is 5.11 Å². The van der Waals surface area contributed by atoms with E-state index in [0.717, 1.165) is 12.8 Å². The van der Waals surface area contributed by atoms with Gasteiger partial charge in [0.25, 0.3) is 0 Å². The van der Waals surface area contributed by atoms with Crippen LogP contribution < -0.4 is 5.32 Å². The Hall–Kier alpha value is -0.0800. The monoisotopic (exact) mass is 213 g/mol. The summed E-state index contributed by atoms with van der Waals surface area (Å²) in [5.74, 6) is 0. The molecule has 0 aliphatic heterocycles. The van der Waals surface area contributed by atoms with E-state index in [1.807, 2.05) is 0 Å². The quantitative estimate of drug-likeness (QED) is 0.665. The summed E-state index contributed by atoms with van der Waals surface area (Å²) in [5, 5.41) is 13.4. The van der Waals surface area contributed by atoms with Gasteiger partial charge < -0.3 is 10.4 Å². The molecule has 90 valence electrons. The molecule has 1 aliphatic rings. The lowest BCUT2D eigenvalue weighted by molar-refractivity contribution is 0.0852. The lowest BCUT2D eigenvalue weighted by Crippen LogP contribution is -2.46. The zero-order valence-corrected chi connectivity index (χ0v) is 10.3. The third kappa shape index (κ3) is 4.98. The number of aliphatic hydroxyl groups excluding tert-OH is 1. The summed E-state index contributed by atoms with van der Waals surface area (Å²) in [4.78, 5) is 0. The van der Waals surface area contributed by atoms with Crippen molar-refractivity contribution in [2.75, 3.05) is 0 Å². The summed E-state index contributed by atoms with van der Waals surface area (Å²) in [6, 6.07) is 0.921. The number of nitrogens with one attached hydrogen (secondary N) is 1. The first-order valence-corrected chi connectivity index (χ1v) is 6.68. The van der Waals surface area contributed by atoms with Crippen LogP contribution in [0.4, 0.5) is 0 Å². The molecule has 3 atom stereocenters. The number of aliphatic hydroxyl groups is 1. The van der Waals surface area contributed by atoms with Gasteiger partial charge in [-0.15, -0.1) is 0 Å². The molecule has 2 heteroatoms. The summed E-state index contributed by atoms with van der Waals surface area (Å²) >= 11 is 0. The molecule has 2 nitrogen and oxygen atoms in total. The molecule has 0 bridgehead atoms. The Balaban J connectivity index is 2.15. The van der Waals surface area contributed by atoms with Gasteiger partial charge in [-0.25, -0.2) is 0 Å². The summed E-state index contributed by atoms with van der Waals surface area (Å²) in [6.45, 7) is 4.49. The van der Waals surface area contributed by atoms with Crippen molar-refractivity contribution in [1.29, 1.82) is 0 Å². The topological polar surface area (TPSA) is 32.3 Å². The lowest BCUT2D eigenvalue weighted by Gasteiger charge is -2.31. The van der Waals surface area contributed by atoms with Crippen molar-refractivity contribution in [2.24, 2.45) is 0 Å². The average Bonchev–Trinajstić information content (AvgIpc) is 2.22. The summed E-state index contributed by atoms with van der Waals surface area (Å²) in [6.07, 6.45) is 9.69. The van der Waals surface area contributed by atoms with E-state index in [0.29, 0.717) is 12.1 Å². The maximum absolute atomic E-state index is 9.83. The SMILES string of the molecule is CCCCCC(C)N[C@H]1CCCC[C@@H]1O. The molecular weight excluding hydrogens is 186 g/mol. The highest BCUT2D eigenvalue weighted by Gasteiger charge is 2.23. The van der Waals surface area contributed by atoms with Crippen molar-refractivity contribution in [3.63, 3.8) is 0 Å². The molecule has 1 saturated carbocycles. The van der Waals surface area contributed by atoms with Crippen molar-refractivity contribution in [3.05, 3.63) is 0 Å². The molecule has 0 aromatic rings. The fourth-order valence-electron chi connectivity index (χ4n) is 2.46. The maximum Gasteiger partial charge on any atom is 0.0693 e. The molecule has 1 unspecified atom stereocenters. The summed E-state index contributed by atoms with van der Waals surface area (Å²) in [7, 11) is 0. The Morgan fingerprint density at radius 2 is 2.00 bits per heavy atom. The predicted octanol–water partition coefficient (Wildman–Crippen LogP) is 2.85. The number of rotatable bonds is 6. The second-order valence-corrected chi connectivity index (χ2v) is 5.02. The van der Waals surface area contributed by atoms with Gasteiger partial charge in [0.2, 0.25) is 0 Å². The van der Waals surface area contributed by atoms with Crippen LogP contribution in [0, 0.1) is 0 Å². The van der Waals surface area contributed by atoms with Gasteiger partial charge in [0.15, 0.2) is 0 Å². The predicted molar refractivity (Wildman–Crippen MR) is 65.0 cm³/mol. The van der Waals surface area contributed by atoms with Gasteiger partial charge in [0.1, 0.15) is 0 Å². The Bertz CT molecular complexity index is 161. The van der Waals surface area contributed by atoms with Gasteiger partial charge in [-0.05, 0) is 26.2 Å². The average molecular weight is 213 g/mol. The highest BCUT2D eigenvalue weighted by molar-refractivity contribution is 4.82. The molecule has 0 amide bonds. The van der Waals surface area contributed by atoms with Gasteiger partial charge in [-0.3, -0.25) is 0 Å². The molecule has 0 aromatic heterocycles. The van der Waals surface area contributed by atoms with Crippen LogP contribution in [0.1, 0.15) is 65.2 Å². The minimum atomic E-state index is -0.104. The van der Waals surface area contributed by atoms with Crippen LogP contribution in [0.2, 0.25) is 0 Å². The van der Waals surface area contributed by atoms with Crippen molar-refractivity contribution in [3.8, 4) is 0 Å². The van der Waals surface area contributed by atoms with E-state index in [-0.39, 0.29) is 6.10 Å². The second kappa shape index (κ2) is 7.24.